The average molecular weight is 270 g/mol. The minimum absolute atomic E-state index is 0.236. The predicted molar refractivity (Wildman–Crippen MR) is 78.4 cm³/mol. The van der Waals surface area contributed by atoms with Gasteiger partial charge in [-0.05, 0) is 32.4 Å². The zero-order valence-electron chi connectivity index (χ0n) is 11.9. The van der Waals surface area contributed by atoms with Crippen LogP contribution in [0.5, 0.6) is 0 Å². The highest BCUT2D eigenvalue weighted by molar-refractivity contribution is 5.90. The summed E-state index contributed by atoms with van der Waals surface area (Å²) in [5, 5.41) is 5.22. The molecule has 0 saturated carbocycles. The van der Waals surface area contributed by atoms with Crippen LogP contribution in [0.2, 0.25) is 0 Å². The van der Waals surface area contributed by atoms with E-state index in [-0.39, 0.29) is 6.04 Å². The highest BCUT2D eigenvalue weighted by Gasteiger charge is 2.19. The molecular formula is C14H18N6. The summed E-state index contributed by atoms with van der Waals surface area (Å²) in [6.07, 6.45) is 5.28. The van der Waals surface area contributed by atoms with E-state index in [0.717, 1.165) is 23.1 Å². The number of anilines is 1. The van der Waals surface area contributed by atoms with Crippen molar-refractivity contribution in [3.8, 4) is 0 Å². The third-order valence-corrected chi connectivity index (χ3v) is 3.82. The molecule has 0 aliphatic heterocycles. The summed E-state index contributed by atoms with van der Waals surface area (Å²) < 4.78 is 4.14. The molecule has 20 heavy (non-hydrogen) atoms. The molecule has 0 radical (unpaired) electrons. The van der Waals surface area contributed by atoms with Crippen LogP contribution in [0.15, 0.2) is 24.8 Å². The molecule has 3 aromatic heterocycles. The first-order chi connectivity index (χ1) is 9.59. The van der Waals surface area contributed by atoms with E-state index >= 15 is 0 Å². The zero-order chi connectivity index (χ0) is 14.3. The summed E-state index contributed by atoms with van der Waals surface area (Å²) in [5.41, 5.74) is 9.21. The van der Waals surface area contributed by atoms with Crippen LogP contribution in [0, 0.1) is 13.8 Å². The Morgan fingerprint density at radius 3 is 2.80 bits per heavy atom. The van der Waals surface area contributed by atoms with Gasteiger partial charge in [-0.25, -0.2) is 9.97 Å². The van der Waals surface area contributed by atoms with E-state index in [4.69, 9.17) is 5.73 Å². The van der Waals surface area contributed by atoms with Gasteiger partial charge in [-0.15, -0.1) is 0 Å². The van der Waals surface area contributed by atoms with Crippen molar-refractivity contribution in [2.24, 2.45) is 0 Å². The molecule has 0 saturated heterocycles. The van der Waals surface area contributed by atoms with Crippen LogP contribution in [0.1, 0.15) is 24.2 Å². The van der Waals surface area contributed by atoms with Crippen molar-refractivity contribution < 1.29 is 0 Å². The molecule has 6 nitrogen and oxygen atoms in total. The van der Waals surface area contributed by atoms with Crippen LogP contribution in [-0.4, -0.2) is 24.3 Å². The van der Waals surface area contributed by atoms with E-state index in [9.17, 15) is 0 Å². The fourth-order valence-corrected chi connectivity index (χ4v) is 2.75. The van der Waals surface area contributed by atoms with E-state index in [2.05, 4.69) is 40.4 Å². The Hall–Kier alpha value is -2.37. The second kappa shape index (κ2) is 4.63. The maximum atomic E-state index is 5.99. The van der Waals surface area contributed by atoms with Crippen molar-refractivity contribution >= 4 is 16.9 Å². The Bertz CT molecular complexity index is 741. The molecule has 3 heterocycles. The number of rotatable bonds is 3. The fraction of sp³-hybridized carbons (Fsp3) is 0.357. The summed E-state index contributed by atoms with van der Waals surface area (Å²) in [7, 11) is 0. The van der Waals surface area contributed by atoms with E-state index in [1.807, 2.05) is 16.9 Å². The van der Waals surface area contributed by atoms with Gasteiger partial charge in [-0.1, -0.05) is 0 Å². The topological polar surface area (TPSA) is 74.5 Å². The van der Waals surface area contributed by atoms with Crippen molar-refractivity contribution in [3.63, 3.8) is 0 Å². The molecule has 1 unspecified atom stereocenters. The highest BCUT2D eigenvalue weighted by atomic mass is 15.3. The second-order valence-electron chi connectivity index (χ2n) is 5.12. The summed E-state index contributed by atoms with van der Waals surface area (Å²) >= 11 is 0. The molecule has 0 aliphatic rings. The Morgan fingerprint density at radius 1 is 1.30 bits per heavy atom. The molecule has 1 atom stereocenters. The fourth-order valence-electron chi connectivity index (χ4n) is 2.75. The van der Waals surface area contributed by atoms with Crippen molar-refractivity contribution in [1.29, 1.82) is 0 Å². The molecule has 0 amide bonds. The van der Waals surface area contributed by atoms with E-state index in [0.29, 0.717) is 5.82 Å². The number of hydrogen-bond donors (Lipinski definition) is 1. The third kappa shape index (κ3) is 1.84. The Labute approximate surface area is 117 Å². The number of nitrogen functional groups attached to an aromatic ring is 1. The van der Waals surface area contributed by atoms with Crippen LogP contribution in [0.4, 0.5) is 5.82 Å². The normalized spacial score (nSPS) is 12.9. The number of fused-ring (bicyclic) bond motifs is 1. The lowest BCUT2D eigenvalue weighted by atomic mass is 10.2. The molecule has 0 bridgehead atoms. The van der Waals surface area contributed by atoms with Gasteiger partial charge < -0.3 is 10.3 Å². The summed E-state index contributed by atoms with van der Waals surface area (Å²) in [6, 6.07) is 2.17. The standard InChI is InChI=1S/C14H18N6/c1-9(7-19-6-4-5-18-19)20-11(3)10(2)12-13(15)16-8-17-14(12)20/h4-6,8-9H,7H2,1-3H3,(H2,15,16,17). The number of nitrogens with two attached hydrogens (primary N) is 1. The first kappa shape index (κ1) is 12.7. The van der Waals surface area contributed by atoms with Crippen LogP contribution in [0.25, 0.3) is 11.0 Å². The largest absolute Gasteiger partial charge is 0.383 e. The van der Waals surface area contributed by atoms with Crippen LogP contribution in [0.3, 0.4) is 0 Å². The average Bonchev–Trinajstić information content (AvgIpc) is 2.99. The van der Waals surface area contributed by atoms with Gasteiger partial charge in [0.15, 0.2) is 0 Å². The predicted octanol–water partition coefficient (Wildman–Crippen LogP) is 2.09. The van der Waals surface area contributed by atoms with Gasteiger partial charge in [0, 0.05) is 18.1 Å². The molecule has 104 valence electrons. The number of aryl methyl sites for hydroxylation is 1. The number of aromatic nitrogens is 5. The zero-order valence-corrected chi connectivity index (χ0v) is 11.9. The monoisotopic (exact) mass is 270 g/mol. The van der Waals surface area contributed by atoms with Gasteiger partial charge in [0.05, 0.1) is 18.0 Å². The van der Waals surface area contributed by atoms with Crippen molar-refractivity contribution in [1.82, 2.24) is 24.3 Å². The minimum Gasteiger partial charge on any atom is -0.383 e. The van der Waals surface area contributed by atoms with Gasteiger partial charge in [0.1, 0.15) is 17.8 Å². The summed E-state index contributed by atoms with van der Waals surface area (Å²) in [4.78, 5) is 8.51. The molecule has 0 aromatic carbocycles. The first-order valence-corrected chi connectivity index (χ1v) is 6.64. The molecule has 3 rings (SSSR count). The quantitative estimate of drug-likeness (QED) is 0.790. The van der Waals surface area contributed by atoms with Gasteiger partial charge in [-0.2, -0.15) is 5.10 Å². The Morgan fingerprint density at radius 2 is 2.10 bits per heavy atom. The molecule has 0 spiro atoms. The smallest absolute Gasteiger partial charge is 0.146 e. The Balaban J connectivity index is 2.11. The van der Waals surface area contributed by atoms with Gasteiger partial charge in [-0.3, -0.25) is 4.68 Å². The molecule has 0 aliphatic carbocycles. The third-order valence-electron chi connectivity index (χ3n) is 3.82. The van der Waals surface area contributed by atoms with Crippen LogP contribution < -0.4 is 5.73 Å². The maximum Gasteiger partial charge on any atom is 0.146 e. The SMILES string of the molecule is Cc1c(C)n(C(C)Cn2cccn2)c2ncnc(N)c12. The lowest BCUT2D eigenvalue weighted by molar-refractivity contribution is 0.439. The van der Waals surface area contributed by atoms with Gasteiger partial charge in [0.2, 0.25) is 0 Å². The molecule has 6 heteroatoms. The molecule has 3 aromatic rings. The van der Waals surface area contributed by atoms with Gasteiger partial charge in [0.25, 0.3) is 0 Å². The summed E-state index contributed by atoms with van der Waals surface area (Å²) in [6.45, 7) is 7.11. The minimum atomic E-state index is 0.236. The van der Waals surface area contributed by atoms with Crippen molar-refractivity contribution in [3.05, 3.63) is 36.0 Å². The first-order valence-electron chi connectivity index (χ1n) is 6.64. The summed E-state index contributed by atoms with van der Waals surface area (Å²) in [5.74, 6) is 0.542. The molecule has 0 fully saturated rings. The van der Waals surface area contributed by atoms with Crippen molar-refractivity contribution in [2.45, 2.75) is 33.4 Å². The Kier molecular flexibility index (Phi) is 2.93. The second-order valence-corrected chi connectivity index (χ2v) is 5.12. The lowest BCUT2D eigenvalue weighted by Crippen LogP contribution is -2.15. The van der Waals surface area contributed by atoms with E-state index in [1.165, 1.54) is 12.0 Å². The molecule has 2 N–H and O–H groups in total. The number of nitrogens with zero attached hydrogens (tertiary/aromatic N) is 5. The maximum absolute atomic E-state index is 5.99. The molecular weight excluding hydrogens is 252 g/mol. The van der Waals surface area contributed by atoms with E-state index < -0.39 is 0 Å². The van der Waals surface area contributed by atoms with Crippen LogP contribution in [-0.2, 0) is 6.54 Å². The van der Waals surface area contributed by atoms with E-state index in [1.54, 1.807) is 6.20 Å². The number of hydrogen-bond acceptors (Lipinski definition) is 4. The van der Waals surface area contributed by atoms with Crippen LogP contribution >= 0.6 is 0 Å². The highest BCUT2D eigenvalue weighted by Crippen LogP contribution is 2.30. The van der Waals surface area contributed by atoms with Crippen molar-refractivity contribution in [2.75, 3.05) is 5.73 Å². The lowest BCUT2D eigenvalue weighted by Gasteiger charge is -2.17. The van der Waals surface area contributed by atoms with Gasteiger partial charge >= 0.3 is 0 Å².